The molecule has 5 rings (SSSR count). The molecule has 212 valence electrons. The Morgan fingerprint density at radius 1 is 0.975 bits per heavy atom. The van der Waals surface area contributed by atoms with Crippen molar-refractivity contribution in [3.05, 3.63) is 106 Å². The molecule has 1 saturated heterocycles. The lowest BCUT2D eigenvalue weighted by Crippen LogP contribution is -2.52. The number of nitrogens with zero attached hydrogens (tertiary/aromatic N) is 2. The SMILES string of the molecule is CC(=O)NC1(c2ccccc2)CCN(C[C@H]2C[C@H]2c2ccc(Cl)c(Cl)c2)CC1.CN(Cc1ccccc1)C(=O)O. The van der Waals surface area contributed by atoms with E-state index in [0.717, 1.165) is 38.0 Å². The van der Waals surface area contributed by atoms with Crippen LogP contribution in [0.4, 0.5) is 4.79 Å². The molecule has 8 heteroatoms. The first-order valence-corrected chi connectivity index (χ1v) is 14.4. The van der Waals surface area contributed by atoms with Gasteiger partial charge in [0.15, 0.2) is 0 Å². The number of rotatable bonds is 7. The standard InChI is InChI=1S/C23H26Cl2N2O.C9H11NO2/c1-16(28)26-23(19-5-3-2-4-6-19)9-11-27(12-10-23)15-18-13-20(18)17-7-8-21(24)22(25)14-17;1-10(9(11)12)7-8-5-3-2-4-6-8/h2-8,14,18,20H,9-13,15H2,1H3,(H,26,28);2-6H,7H2,1H3,(H,11,12)/t18-,20+;/m1./s1. The molecule has 0 aromatic heterocycles. The molecule has 1 heterocycles. The van der Waals surface area contributed by atoms with Gasteiger partial charge in [0, 0.05) is 40.2 Å². The van der Waals surface area contributed by atoms with Gasteiger partial charge in [0.2, 0.25) is 5.91 Å². The number of carboxylic acid groups (broad SMARTS) is 1. The van der Waals surface area contributed by atoms with Crippen molar-refractivity contribution < 1.29 is 14.7 Å². The molecule has 0 unspecified atom stereocenters. The molecule has 6 nitrogen and oxygen atoms in total. The molecule has 0 bridgehead atoms. The van der Waals surface area contributed by atoms with Crippen LogP contribution in [-0.2, 0) is 16.9 Å². The molecular weight excluding hydrogens is 545 g/mol. The summed E-state index contributed by atoms with van der Waals surface area (Å²) in [7, 11) is 1.55. The number of nitrogens with one attached hydrogen (secondary N) is 1. The molecule has 3 aromatic rings. The maximum atomic E-state index is 11.9. The quantitative estimate of drug-likeness (QED) is 0.314. The minimum atomic E-state index is -0.904. The van der Waals surface area contributed by atoms with Gasteiger partial charge in [-0.05, 0) is 59.9 Å². The van der Waals surface area contributed by atoms with Gasteiger partial charge in [0.05, 0.1) is 15.6 Å². The molecule has 2 amide bonds. The highest BCUT2D eigenvalue weighted by atomic mass is 35.5. The number of piperidine rings is 1. The molecule has 0 spiro atoms. The third kappa shape index (κ3) is 8.00. The van der Waals surface area contributed by atoms with Gasteiger partial charge in [0.25, 0.3) is 0 Å². The van der Waals surface area contributed by atoms with Crippen molar-refractivity contribution in [2.45, 2.75) is 44.2 Å². The summed E-state index contributed by atoms with van der Waals surface area (Å²) in [6.07, 6.45) is 2.20. The molecule has 2 fully saturated rings. The summed E-state index contributed by atoms with van der Waals surface area (Å²) in [6, 6.07) is 25.9. The summed E-state index contributed by atoms with van der Waals surface area (Å²) in [4.78, 5) is 26.1. The van der Waals surface area contributed by atoms with Crippen LogP contribution in [0.2, 0.25) is 10.0 Å². The minimum Gasteiger partial charge on any atom is -0.465 e. The van der Waals surface area contributed by atoms with E-state index in [9.17, 15) is 9.59 Å². The lowest BCUT2D eigenvalue weighted by atomic mass is 9.80. The Balaban J connectivity index is 0.000000259. The Morgan fingerprint density at radius 2 is 1.60 bits per heavy atom. The van der Waals surface area contributed by atoms with Crippen molar-refractivity contribution in [1.82, 2.24) is 15.1 Å². The van der Waals surface area contributed by atoms with Gasteiger partial charge in [-0.2, -0.15) is 0 Å². The number of carbonyl (C=O) groups is 2. The highest BCUT2D eigenvalue weighted by molar-refractivity contribution is 6.42. The van der Waals surface area contributed by atoms with E-state index < -0.39 is 6.09 Å². The van der Waals surface area contributed by atoms with Gasteiger partial charge >= 0.3 is 6.09 Å². The van der Waals surface area contributed by atoms with E-state index >= 15 is 0 Å². The summed E-state index contributed by atoms with van der Waals surface area (Å²) in [6.45, 7) is 5.16. The van der Waals surface area contributed by atoms with Crippen molar-refractivity contribution in [2.24, 2.45) is 5.92 Å². The van der Waals surface area contributed by atoms with E-state index in [-0.39, 0.29) is 11.4 Å². The number of hydrogen-bond donors (Lipinski definition) is 2. The number of hydrogen-bond acceptors (Lipinski definition) is 3. The van der Waals surface area contributed by atoms with E-state index in [1.807, 2.05) is 48.5 Å². The molecule has 40 heavy (non-hydrogen) atoms. The Hall–Kier alpha value is -3.06. The normalized spacial score (nSPS) is 19.6. The minimum absolute atomic E-state index is 0.0409. The van der Waals surface area contributed by atoms with E-state index in [1.54, 1.807) is 14.0 Å². The maximum Gasteiger partial charge on any atom is 0.407 e. The molecule has 1 saturated carbocycles. The van der Waals surface area contributed by atoms with Crippen LogP contribution in [0.5, 0.6) is 0 Å². The number of benzene rings is 3. The second-order valence-corrected chi connectivity index (χ2v) is 11.6. The third-order valence-electron chi connectivity index (χ3n) is 7.83. The zero-order valence-corrected chi connectivity index (χ0v) is 24.5. The first kappa shape index (κ1) is 29.9. The summed E-state index contributed by atoms with van der Waals surface area (Å²) < 4.78 is 0. The number of amides is 2. The van der Waals surface area contributed by atoms with Gasteiger partial charge in [-0.3, -0.25) is 4.79 Å². The van der Waals surface area contributed by atoms with Crippen molar-refractivity contribution >= 4 is 35.2 Å². The lowest BCUT2D eigenvalue weighted by Gasteiger charge is -2.43. The number of carbonyl (C=O) groups excluding carboxylic acids is 1. The Bertz CT molecular complexity index is 1280. The Morgan fingerprint density at radius 3 is 2.17 bits per heavy atom. The molecule has 0 radical (unpaired) electrons. The number of likely N-dealkylation sites (tertiary alicyclic amines) is 1. The first-order valence-electron chi connectivity index (χ1n) is 13.7. The van der Waals surface area contributed by atoms with E-state index in [4.69, 9.17) is 28.3 Å². The lowest BCUT2D eigenvalue weighted by molar-refractivity contribution is -0.121. The highest BCUT2D eigenvalue weighted by Gasteiger charge is 2.42. The van der Waals surface area contributed by atoms with Crippen LogP contribution in [0.1, 0.15) is 48.8 Å². The average molecular weight is 583 g/mol. The zero-order valence-electron chi connectivity index (χ0n) is 23.0. The fraction of sp³-hybridized carbons (Fsp3) is 0.375. The van der Waals surface area contributed by atoms with Crippen LogP contribution < -0.4 is 5.32 Å². The van der Waals surface area contributed by atoms with E-state index in [1.165, 1.54) is 22.4 Å². The van der Waals surface area contributed by atoms with Crippen molar-refractivity contribution in [3.8, 4) is 0 Å². The Labute approximate surface area is 246 Å². The van der Waals surface area contributed by atoms with Gasteiger partial charge in [-0.25, -0.2) is 4.79 Å². The van der Waals surface area contributed by atoms with Crippen molar-refractivity contribution in [2.75, 3.05) is 26.7 Å². The van der Waals surface area contributed by atoms with E-state index in [2.05, 4.69) is 40.5 Å². The molecular formula is C32H37Cl2N3O3. The van der Waals surface area contributed by atoms with Crippen molar-refractivity contribution in [3.63, 3.8) is 0 Å². The molecule has 1 aliphatic carbocycles. The molecule has 1 aliphatic heterocycles. The second-order valence-electron chi connectivity index (χ2n) is 10.8. The number of halogens is 2. The summed E-state index contributed by atoms with van der Waals surface area (Å²) >= 11 is 12.2. The average Bonchev–Trinajstić information content (AvgIpc) is 3.71. The fourth-order valence-electron chi connectivity index (χ4n) is 5.55. The molecule has 3 aromatic carbocycles. The van der Waals surface area contributed by atoms with Crippen LogP contribution in [0.15, 0.2) is 78.9 Å². The Kier molecular flexibility index (Phi) is 10.1. The van der Waals surface area contributed by atoms with Crippen LogP contribution in [0, 0.1) is 5.92 Å². The second kappa shape index (κ2) is 13.5. The molecule has 2 N–H and O–H groups in total. The molecule has 2 aliphatic rings. The van der Waals surface area contributed by atoms with Crippen LogP contribution in [-0.4, -0.2) is 53.6 Å². The highest BCUT2D eigenvalue weighted by Crippen LogP contribution is 2.49. The first-order chi connectivity index (χ1) is 19.2. The summed E-state index contributed by atoms with van der Waals surface area (Å²) in [5.74, 6) is 1.31. The van der Waals surface area contributed by atoms with Gasteiger partial charge in [-0.15, -0.1) is 0 Å². The van der Waals surface area contributed by atoms with Gasteiger partial charge < -0.3 is 20.2 Å². The summed E-state index contributed by atoms with van der Waals surface area (Å²) in [5.41, 5.74) is 3.27. The smallest absolute Gasteiger partial charge is 0.407 e. The molecule has 2 atom stereocenters. The zero-order chi connectivity index (χ0) is 28.7. The largest absolute Gasteiger partial charge is 0.465 e. The topological polar surface area (TPSA) is 72.9 Å². The van der Waals surface area contributed by atoms with Crippen molar-refractivity contribution in [1.29, 1.82) is 0 Å². The maximum absolute atomic E-state index is 11.9. The van der Waals surface area contributed by atoms with Gasteiger partial charge in [-0.1, -0.05) is 89.9 Å². The van der Waals surface area contributed by atoms with Crippen LogP contribution in [0.25, 0.3) is 0 Å². The monoisotopic (exact) mass is 581 g/mol. The van der Waals surface area contributed by atoms with Gasteiger partial charge in [0.1, 0.15) is 0 Å². The van der Waals surface area contributed by atoms with Crippen LogP contribution in [0.3, 0.4) is 0 Å². The third-order valence-corrected chi connectivity index (χ3v) is 8.57. The fourth-order valence-corrected chi connectivity index (χ4v) is 5.86. The summed E-state index contributed by atoms with van der Waals surface area (Å²) in [5, 5.41) is 13.1. The predicted octanol–water partition coefficient (Wildman–Crippen LogP) is 7.02. The van der Waals surface area contributed by atoms with Crippen LogP contribution >= 0.6 is 23.2 Å². The van der Waals surface area contributed by atoms with E-state index in [0.29, 0.717) is 28.4 Å². The predicted molar refractivity (Wildman–Crippen MR) is 161 cm³/mol.